The number of nitrogens with zero attached hydrogens (tertiary/aromatic N) is 1. The first-order chi connectivity index (χ1) is 8.93. The molecule has 0 aromatic carbocycles. The number of hydrogen-bond acceptors (Lipinski definition) is 2. The highest BCUT2D eigenvalue weighted by molar-refractivity contribution is 4.78. The van der Waals surface area contributed by atoms with Crippen molar-refractivity contribution >= 4 is 0 Å². The van der Waals surface area contributed by atoms with Crippen LogP contribution >= 0.6 is 0 Å². The summed E-state index contributed by atoms with van der Waals surface area (Å²) < 4.78 is 37.7. The second kappa shape index (κ2) is 8.10. The van der Waals surface area contributed by atoms with Gasteiger partial charge in [-0.25, -0.2) is 0 Å². The maximum absolute atomic E-state index is 12.6. The quantitative estimate of drug-likeness (QED) is 0.720. The van der Waals surface area contributed by atoms with E-state index < -0.39 is 12.1 Å². The fourth-order valence-electron chi connectivity index (χ4n) is 2.78. The zero-order chi connectivity index (χ0) is 14.3. The van der Waals surface area contributed by atoms with Crippen LogP contribution in [-0.2, 0) is 0 Å². The Hall–Kier alpha value is -0.290. The Labute approximate surface area is 114 Å². The van der Waals surface area contributed by atoms with Crippen LogP contribution in [0.2, 0.25) is 0 Å². The minimum absolute atomic E-state index is 0.316. The van der Waals surface area contributed by atoms with E-state index in [1.54, 1.807) is 0 Å². The summed E-state index contributed by atoms with van der Waals surface area (Å²) in [4.78, 5) is 2.24. The van der Waals surface area contributed by atoms with Gasteiger partial charge in [0.15, 0.2) is 0 Å². The maximum atomic E-state index is 12.6. The molecule has 0 unspecified atom stereocenters. The van der Waals surface area contributed by atoms with Crippen molar-refractivity contribution in [3.05, 3.63) is 0 Å². The monoisotopic (exact) mass is 280 g/mol. The summed E-state index contributed by atoms with van der Waals surface area (Å²) in [7, 11) is 2.06. The fourth-order valence-corrected chi connectivity index (χ4v) is 2.78. The molecule has 19 heavy (non-hydrogen) atoms. The highest BCUT2D eigenvalue weighted by Crippen LogP contribution is 2.39. The Morgan fingerprint density at radius 1 is 1.11 bits per heavy atom. The first-order valence-corrected chi connectivity index (χ1v) is 7.39. The molecule has 0 spiro atoms. The summed E-state index contributed by atoms with van der Waals surface area (Å²) in [5.41, 5.74) is 0. The number of hydrogen-bond donors (Lipinski definition) is 1. The number of rotatable bonds is 7. The summed E-state index contributed by atoms with van der Waals surface area (Å²) in [6.45, 7) is 6.03. The van der Waals surface area contributed by atoms with Gasteiger partial charge in [0.2, 0.25) is 0 Å². The van der Waals surface area contributed by atoms with Crippen molar-refractivity contribution in [1.82, 2.24) is 10.2 Å². The van der Waals surface area contributed by atoms with Gasteiger partial charge >= 0.3 is 6.18 Å². The molecule has 0 aromatic heterocycles. The highest BCUT2D eigenvalue weighted by Gasteiger charge is 2.41. The second-order valence-electron chi connectivity index (χ2n) is 5.77. The molecule has 1 aliphatic carbocycles. The van der Waals surface area contributed by atoms with Crippen LogP contribution in [0, 0.1) is 11.8 Å². The molecule has 1 aliphatic rings. The molecule has 114 valence electrons. The number of halogens is 3. The van der Waals surface area contributed by atoms with Crippen molar-refractivity contribution < 1.29 is 13.2 Å². The first-order valence-electron chi connectivity index (χ1n) is 7.39. The lowest BCUT2D eigenvalue weighted by Gasteiger charge is -2.32. The van der Waals surface area contributed by atoms with Crippen LogP contribution in [0.1, 0.15) is 39.0 Å². The van der Waals surface area contributed by atoms with E-state index in [1.165, 1.54) is 0 Å². The zero-order valence-electron chi connectivity index (χ0n) is 12.1. The highest BCUT2D eigenvalue weighted by atomic mass is 19.4. The molecule has 0 aromatic rings. The van der Waals surface area contributed by atoms with Crippen molar-refractivity contribution in [3.8, 4) is 0 Å². The van der Waals surface area contributed by atoms with E-state index in [-0.39, 0.29) is 0 Å². The molecule has 2 nitrogen and oxygen atoms in total. The van der Waals surface area contributed by atoms with Crippen LogP contribution in [0.3, 0.4) is 0 Å². The molecule has 1 rings (SSSR count). The topological polar surface area (TPSA) is 15.3 Å². The number of nitrogens with one attached hydrogen (secondary N) is 1. The van der Waals surface area contributed by atoms with E-state index in [0.29, 0.717) is 18.8 Å². The van der Waals surface area contributed by atoms with Crippen LogP contribution in [0.5, 0.6) is 0 Å². The molecule has 0 heterocycles. The SMILES string of the molecule is CCCNCCN(C)CC1CCC(C(F)(F)F)CC1. The third kappa shape index (κ3) is 6.61. The van der Waals surface area contributed by atoms with Gasteiger partial charge < -0.3 is 10.2 Å². The Balaban J connectivity index is 2.14. The molecule has 0 amide bonds. The van der Waals surface area contributed by atoms with Crippen LogP contribution in [0.15, 0.2) is 0 Å². The average molecular weight is 280 g/mol. The summed E-state index contributed by atoms with van der Waals surface area (Å²) in [5.74, 6) is -0.616. The van der Waals surface area contributed by atoms with Crippen molar-refractivity contribution in [2.75, 3.05) is 33.2 Å². The summed E-state index contributed by atoms with van der Waals surface area (Å²) in [5, 5.41) is 3.34. The third-order valence-electron chi connectivity index (χ3n) is 3.98. The predicted octanol–water partition coefficient (Wildman–Crippen LogP) is 3.29. The molecule has 1 fully saturated rings. The summed E-state index contributed by atoms with van der Waals surface area (Å²) >= 11 is 0. The van der Waals surface area contributed by atoms with E-state index in [0.717, 1.165) is 45.4 Å². The standard InChI is InChI=1S/C14H27F3N2/c1-3-8-18-9-10-19(2)11-12-4-6-13(7-5-12)14(15,16)17/h12-13,18H,3-11H2,1-2H3. The lowest BCUT2D eigenvalue weighted by molar-refractivity contribution is -0.184. The van der Waals surface area contributed by atoms with Crippen LogP contribution in [0.25, 0.3) is 0 Å². The van der Waals surface area contributed by atoms with Gasteiger partial charge in [-0.1, -0.05) is 6.92 Å². The minimum atomic E-state index is -3.99. The van der Waals surface area contributed by atoms with Gasteiger partial charge in [0, 0.05) is 19.6 Å². The predicted molar refractivity (Wildman–Crippen MR) is 72.2 cm³/mol. The number of likely N-dealkylation sites (N-methyl/N-ethyl adjacent to an activating group) is 1. The molecule has 0 radical (unpaired) electrons. The lowest BCUT2D eigenvalue weighted by Crippen LogP contribution is -2.35. The Kier molecular flexibility index (Phi) is 7.15. The average Bonchev–Trinajstić information content (AvgIpc) is 2.34. The van der Waals surface area contributed by atoms with Gasteiger partial charge in [-0.05, 0) is 51.6 Å². The molecule has 0 bridgehead atoms. The van der Waals surface area contributed by atoms with E-state index >= 15 is 0 Å². The number of alkyl halides is 3. The molecule has 5 heteroatoms. The molecule has 0 aliphatic heterocycles. The van der Waals surface area contributed by atoms with Gasteiger partial charge in [-0.15, -0.1) is 0 Å². The van der Waals surface area contributed by atoms with Crippen LogP contribution < -0.4 is 5.32 Å². The fraction of sp³-hybridized carbons (Fsp3) is 1.00. The smallest absolute Gasteiger partial charge is 0.315 e. The van der Waals surface area contributed by atoms with Crippen molar-refractivity contribution in [3.63, 3.8) is 0 Å². The third-order valence-corrected chi connectivity index (χ3v) is 3.98. The zero-order valence-corrected chi connectivity index (χ0v) is 12.1. The molecule has 1 saturated carbocycles. The Morgan fingerprint density at radius 2 is 1.74 bits per heavy atom. The van der Waals surface area contributed by atoms with Gasteiger partial charge in [0.1, 0.15) is 0 Å². The van der Waals surface area contributed by atoms with Crippen LogP contribution in [-0.4, -0.2) is 44.3 Å². The Morgan fingerprint density at radius 3 is 2.26 bits per heavy atom. The van der Waals surface area contributed by atoms with Gasteiger partial charge in [-0.3, -0.25) is 0 Å². The van der Waals surface area contributed by atoms with E-state index in [4.69, 9.17) is 0 Å². The molecule has 0 saturated heterocycles. The normalized spacial score (nSPS) is 24.9. The largest absolute Gasteiger partial charge is 0.391 e. The lowest BCUT2D eigenvalue weighted by atomic mass is 9.81. The van der Waals surface area contributed by atoms with Crippen LogP contribution in [0.4, 0.5) is 13.2 Å². The molecular formula is C14H27F3N2. The molecule has 0 atom stereocenters. The maximum Gasteiger partial charge on any atom is 0.391 e. The van der Waals surface area contributed by atoms with Gasteiger partial charge in [0.25, 0.3) is 0 Å². The van der Waals surface area contributed by atoms with Crippen molar-refractivity contribution in [2.45, 2.75) is 45.2 Å². The van der Waals surface area contributed by atoms with E-state index in [9.17, 15) is 13.2 Å². The minimum Gasteiger partial charge on any atom is -0.315 e. The first kappa shape index (κ1) is 16.8. The Bertz CT molecular complexity index is 235. The van der Waals surface area contributed by atoms with E-state index in [2.05, 4.69) is 24.2 Å². The van der Waals surface area contributed by atoms with Gasteiger partial charge in [-0.2, -0.15) is 13.2 Å². The van der Waals surface area contributed by atoms with Crippen molar-refractivity contribution in [2.24, 2.45) is 11.8 Å². The van der Waals surface area contributed by atoms with Gasteiger partial charge in [0.05, 0.1) is 5.92 Å². The van der Waals surface area contributed by atoms with Crippen molar-refractivity contribution in [1.29, 1.82) is 0 Å². The summed E-state index contributed by atoms with van der Waals surface area (Å²) in [6, 6.07) is 0. The summed E-state index contributed by atoms with van der Waals surface area (Å²) in [6.07, 6.45) is -0.786. The van der Waals surface area contributed by atoms with E-state index in [1.807, 2.05) is 0 Å². The molecule has 1 N–H and O–H groups in total. The molecular weight excluding hydrogens is 253 g/mol. The second-order valence-corrected chi connectivity index (χ2v) is 5.77.